The number of para-hydroxylation sites is 1. The fraction of sp³-hybridized carbons (Fsp3) is 0.579. The van der Waals surface area contributed by atoms with E-state index in [9.17, 15) is 5.11 Å². The molecule has 116 valence electrons. The van der Waals surface area contributed by atoms with Gasteiger partial charge in [0.05, 0.1) is 12.1 Å². The number of fused-ring (bicyclic) bond motifs is 6. The van der Waals surface area contributed by atoms with E-state index >= 15 is 0 Å². The molecule has 1 aliphatic carbocycles. The van der Waals surface area contributed by atoms with Gasteiger partial charge in [0.1, 0.15) is 0 Å². The summed E-state index contributed by atoms with van der Waals surface area (Å²) >= 11 is 0. The van der Waals surface area contributed by atoms with E-state index in [-0.39, 0.29) is 6.10 Å². The molecule has 0 radical (unpaired) electrons. The first-order valence-corrected chi connectivity index (χ1v) is 8.81. The molecule has 1 unspecified atom stereocenters. The molecule has 2 aromatic rings. The van der Waals surface area contributed by atoms with Crippen LogP contribution in [-0.4, -0.2) is 34.2 Å². The Bertz CT molecular complexity index is 707. The molecule has 2 fully saturated rings. The number of aliphatic hydroxyl groups is 1. The van der Waals surface area contributed by atoms with Crippen molar-refractivity contribution in [1.82, 2.24) is 9.88 Å². The Hall–Kier alpha value is -1.32. The van der Waals surface area contributed by atoms with Crippen LogP contribution in [0.3, 0.4) is 0 Å². The predicted octanol–water partition coefficient (Wildman–Crippen LogP) is 3.25. The summed E-state index contributed by atoms with van der Waals surface area (Å²) in [5, 5.41) is 11.5. The molecule has 3 heterocycles. The number of aromatic amines is 1. The molecule has 22 heavy (non-hydrogen) atoms. The molecular formula is C19H24N2O. The summed E-state index contributed by atoms with van der Waals surface area (Å²) in [5.41, 5.74) is 4.30. The first-order valence-electron chi connectivity index (χ1n) is 8.81. The molecular weight excluding hydrogens is 272 g/mol. The van der Waals surface area contributed by atoms with Crippen LogP contribution in [0.25, 0.3) is 10.9 Å². The number of aliphatic hydroxyl groups excluding tert-OH is 1. The lowest BCUT2D eigenvalue weighted by Gasteiger charge is -2.48. The van der Waals surface area contributed by atoms with Crippen LogP contribution < -0.4 is 0 Å². The van der Waals surface area contributed by atoms with E-state index in [0.717, 1.165) is 18.8 Å². The molecule has 1 aromatic carbocycles. The molecule has 1 saturated carbocycles. The van der Waals surface area contributed by atoms with E-state index in [1.165, 1.54) is 48.9 Å². The summed E-state index contributed by atoms with van der Waals surface area (Å²) < 4.78 is 0. The third-order valence-corrected chi connectivity index (χ3v) is 6.38. The van der Waals surface area contributed by atoms with Crippen LogP contribution >= 0.6 is 0 Å². The van der Waals surface area contributed by atoms with Crippen LogP contribution in [0.5, 0.6) is 0 Å². The Balaban J connectivity index is 1.53. The molecule has 3 aliphatic rings. The van der Waals surface area contributed by atoms with Gasteiger partial charge in [0.15, 0.2) is 0 Å². The molecule has 4 atom stereocenters. The van der Waals surface area contributed by atoms with E-state index < -0.39 is 0 Å². The molecule has 2 aliphatic heterocycles. The van der Waals surface area contributed by atoms with Gasteiger partial charge < -0.3 is 10.1 Å². The Kier molecular flexibility index (Phi) is 2.89. The van der Waals surface area contributed by atoms with E-state index in [2.05, 4.69) is 34.1 Å². The summed E-state index contributed by atoms with van der Waals surface area (Å²) in [6.45, 7) is 2.43. The number of nitrogens with zero attached hydrogens (tertiary/aromatic N) is 1. The number of H-pyrrole nitrogens is 1. The van der Waals surface area contributed by atoms with Gasteiger partial charge in [-0.25, -0.2) is 0 Å². The average Bonchev–Trinajstić information content (AvgIpc) is 2.92. The van der Waals surface area contributed by atoms with Crippen LogP contribution in [0.4, 0.5) is 0 Å². The first-order chi connectivity index (χ1) is 10.8. The number of hydrogen-bond donors (Lipinski definition) is 2. The van der Waals surface area contributed by atoms with Crippen molar-refractivity contribution in [3.63, 3.8) is 0 Å². The highest BCUT2D eigenvalue weighted by Crippen LogP contribution is 2.46. The molecule has 1 aromatic heterocycles. The number of benzene rings is 1. The van der Waals surface area contributed by atoms with Gasteiger partial charge in [0.25, 0.3) is 0 Å². The van der Waals surface area contributed by atoms with Gasteiger partial charge in [-0.05, 0) is 55.6 Å². The summed E-state index contributed by atoms with van der Waals surface area (Å²) in [4.78, 5) is 6.42. The molecule has 3 nitrogen and oxygen atoms in total. The zero-order chi connectivity index (χ0) is 14.7. The monoisotopic (exact) mass is 296 g/mol. The maximum atomic E-state index is 10.0. The second-order valence-corrected chi connectivity index (χ2v) is 7.55. The lowest BCUT2D eigenvalue weighted by atomic mass is 9.70. The van der Waals surface area contributed by atoms with Gasteiger partial charge in [0.2, 0.25) is 0 Å². The molecule has 2 N–H and O–H groups in total. The summed E-state index contributed by atoms with van der Waals surface area (Å²) in [5.74, 6) is 1.52. The fourth-order valence-electron chi connectivity index (χ4n) is 5.27. The van der Waals surface area contributed by atoms with Crippen LogP contribution in [0, 0.1) is 11.8 Å². The number of aromatic nitrogens is 1. The highest BCUT2D eigenvalue weighted by Gasteiger charge is 2.42. The van der Waals surface area contributed by atoms with Crippen LogP contribution in [0.15, 0.2) is 24.3 Å². The highest BCUT2D eigenvalue weighted by molar-refractivity contribution is 5.85. The zero-order valence-corrected chi connectivity index (χ0v) is 13.0. The number of nitrogens with one attached hydrogen (secondary N) is 1. The van der Waals surface area contributed by atoms with Gasteiger partial charge in [-0.3, -0.25) is 4.90 Å². The largest absolute Gasteiger partial charge is 0.393 e. The van der Waals surface area contributed by atoms with Crippen LogP contribution in [0.1, 0.15) is 43.0 Å². The van der Waals surface area contributed by atoms with Gasteiger partial charge >= 0.3 is 0 Å². The van der Waals surface area contributed by atoms with Gasteiger partial charge in [-0.15, -0.1) is 0 Å². The van der Waals surface area contributed by atoms with E-state index in [1.54, 1.807) is 5.56 Å². The van der Waals surface area contributed by atoms with Crippen molar-refractivity contribution >= 4 is 10.9 Å². The first kappa shape index (κ1) is 13.1. The normalized spacial score (nSPS) is 35.0. The quantitative estimate of drug-likeness (QED) is 0.783. The molecule has 5 rings (SSSR count). The second-order valence-electron chi connectivity index (χ2n) is 7.55. The Morgan fingerprint density at radius 1 is 1.09 bits per heavy atom. The van der Waals surface area contributed by atoms with E-state index in [1.807, 2.05) is 0 Å². The Morgan fingerprint density at radius 2 is 2.00 bits per heavy atom. The van der Waals surface area contributed by atoms with E-state index in [4.69, 9.17) is 0 Å². The Morgan fingerprint density at radius 3 is 2.95 bits per heavy atom. The van der Waals surface area contributed by atoms with Crippen molar-refractivity contribution in [1.29, 1.82) is 0 Å². The van der Waals surface area contributed by atoms with Crippen molar-refractivity contribution in [3.05, 3.63) is 35.5 Å². The summed E-state index contributed by atoms with van der Waals surface area (Å²) in [6.07, 6.45) is 5.59. The van der Waals surface area contributed by atoms with E-state index in [0.29, 0.717) is 12.0 Å². The topological polar surface area (TPSA) is 39.3 Å². The third kappa shape index (κ3) is 1.88. The average molecular weight is 296 g/mol. The number of hydrogen-bond acceptors (Lipinski definition) is 2. The van der Waals surface area contributed by atoms with Crippen LogP contribution in [-0.2, 0) is 6.42 Å². The van der Waals surface area contributed by atoms with Crippen molar-refractivity contribution < 1.29 is 5.11 Å². The molecule has 0 spiro atoms. The minimum atomic E-state index is -0.0569. The maximum absolute atomic E-state index is 10.0. The summed E-state index contributed by atoms with van der Waals surface area (Å²) in [7, 11) is 0. The van der Waals surface area contributed by atoms with Crippen molar-refractivity contribution in [2.75, 3.05) is 13.1 Å². The SMILES string of the molecule is OC1CC[C@H]2CN3CCc4c([nH]c5ccccc45)[C@@H]3C[C@@H]2C1. The molecule has 3 heteroatoms. The minimum Gasteiger partial charge on any atom is -0.393 e. The number of rotatable bonds is 0. The van der Waals surface area contributed by atoms with Crippen molar-refractivity contribution in [2.45, 2.75) is 44.2 Å². The zero-order valence-electron chi connectivity index (χ0n) is 13.0. The van der Waals surface area contributed by atoms with Crippen molar-refractivity contribution in [2.24, 2.45) is 11.8 Å². The van der Waals surface area contributed by atoms with Gasteiger partial charge in [-0.1, -0.05) is 18.2 Å². The summed E-state index contributed by atoms with van der Waals surface area (Å²) in [6, 6.07) is 9.28. The molecule has 0 bridgehead atoms. The molecule has 0 amide bonds. The third-order valence-electron chi connectivity index (χ3n) is 6.38. The number of piperidine rings is 1. The predicted molar refractivity (Wildman–Crippen MR) is 87.8 cm³/mol. The molecule has 1 saturated heterocycles. The second kappa shape index (κ2) is 4.84. The smallest absolute Gasteiger partial charge is 0.0543 e. The lowest BCUT2D eigenvalue weighted by molar-refractivity contribution is -0.0107. The van der Waals surface area contributed by atoms with Crippen LogP contribution in [0.2, 0.25) is 0 Å². The Labute approximate surface area is 131 Å². The maximum Gasteiger partial charge on any atom is 0.0543 e. The highest BCUT2D eigenvalue weighted by atomic mass is 16.3. The van der Waals surface area contributed by atoms with Crippen molar-refractivity contribution in [3.8, 4) is 0 Å². The van der Waals surface area contributed by atoms with Gasteiger partial charge in [0, 0.05) is 29.7 Å². The van der Waals surface area contributed by atoms with Gasteiger partial charge in [-0.2, -0.15) is 0 Å². The fourth-order valence-corrected chi connectivity index (χ4v) is 5.27. The lowest BCUT2D eigenvalue weighted by Crippen LogP contribution is -2.48. The minimum absolute atomic E-state index is 0.0569. The standard InChI is InChI=1S/C19H24N2O/c22-14-6-5-12-11-21-8-7-16-15-3-1-2-4-17(15)20-19(16)18(21)10-13(12)9-14/h1-4,12-14,18,20,22H,5-11H2/t12-,13-,14?,18-/m0/s1.